The molecule has 6 nitrogen and oxygen atoms in total. The minimum Gasteiger partial charge on any atom is -0.496 e. The predicted octanol–water partition coefficient (Wildman–Crippen LogP) is 4.42. The predicted molar refractivity (Wildman–Crippen MR) is 123 cm³/mol. The molecular formula is C22H26Cl2N2O4S. The number of benzene rings is 2. The summed E-state index contributed by atoms with van der Waals surface area (Å²) in [5.41, 5.74) is 1.36. The molecule has 2 aromatic rings. The maximum atomic E-state index is 13.0. The van der Waals surface area contributed by atoms with Crippen LogP contribution in [0.2, 0.25) is 10.0 Å². The zero-order valence-electron chi connectivity index (χ0n) is 17.5. The molecule has 31 heavy (non-hydrogen) atoms. The Morgan fingerprint density at radius 2 is 2.00 bits per heavy atom. The lowest BCUT2D eigenvalue weighted by atomic mass is 9.97. The number of hydrogen-bond donors (Lipinski definition) is 1. The number of amides is 1. The number of halogens is 2. The van der Waals surface area contributed by atoms with Gasteiger partial charge in [0.05, 0.1) is 24.8 Å². The fourth-order valence-corrected chi connectivity index (χ4v) is 5.96. The summed E-state index contributed by atoms with van der Waals surface area (Å²) in [6, 6.07) is 12.0. The molecular weight excluding hydrogens is 459 g/mol. The molecule has 0 radical (unpaired) electrons. The molecule has 2 atom stereocenters. The Morgan fingerprint density at radius 1 is 1.26 bits per heavy atom. The first kappa shape index (κ1) is 23.9. The van der Waals surface area contributed by atoms with Crippen LogP contribution in [0.15, 0.2) is 42.5 Å². The van der Waals surface area contributed by atoms with E-state index in [2.05, 4.69) is 5.32 Å². The zero-order valence-corrected chi connectivity index (χ0v) is 19.8. The third-order valence-electron chi connectivity index (χ3n) is 5.47. The van der Waals surface area contributed by atoms with Gasteiger partial charge >= 0.3 is 0 Å². The molecule has 0 aliphatic carbocycles. The van der Waals surface area contributed by atoms with E-state index in [9.17, 15) is 13.2 Å². The number of carbonyl (C=O) groups excluding carboxylic acids is 1. The minimum absolute atomic E-state index is 0.151. The standard InChI is InChI=1S/C22H26Cl2N2O4S/c1-15(19-7-3-4-8-21(19)30-2)25-22(27)16-6-5-11-26(13-16)31(28,29)14-17-9-10-18(23)12-20(17)24/h3-4,7-10,12,15-16H,5-6,11,13-14H2,1-2H3,(H,25,27)/t15-,16-/m0/s1. The molecule has 1 aliphatic rings. The molecule has 3 rings (SSSR count). The van der Waals surface area contributed by atoms with Crippen molar-refractivity contribution in [2.75, 3.05) is 20.2 Å². The molecule has 1 fully saturated rings. The van der Waals surface area contributed by atoms with Crippen LogP contribution < -0.4 is 10.1 Å². The van der Waals surface area contributed by atoms with Gasteiger partial charge in [-0.1, -0.05) is 47.5 Å². The first-order valence-electron chi connectivity index (χ1n) is 10.1. The third-order valence-corrected chi connectivity index (χ3v) is 7.85. The van der Waals surface area contributed by atoms with Crippen LogP contribution in [0.4, 0.5) is 0 Å². The van der Waals surface area contributed by atoms with E-state index in [0.29, 0.717) is 40.7 Å². The van der Waals surface area contributed by atoms with Crippen LogP contribution in [-0.4, -0.2) is 38.8 Å². The molecule has 0 aromatic heterocycles. The smallest absolute Gasteiger partial charge is 0.224 e. The quantitative estimate of drug-likeness (QED) is 0.630. The highest BCUT2D eigenvalue weighted by Crippen LogP contribution is 2.28. The Hall–Kier alpha value is -1.80. The summed E-state index contributed by atoms with van der Waals surface area (Å²) in [5, 5.41) is 3.76. The van der Waals surface area contributed by atoms with Gasteiger partial charge in [-0.05, 0) is 43.5 Å². The van der Waals surface area contributed by atoms with Gasteiger partial charge in [-0.25, -0.2) is 12.7 Å². The van der Waals surface area contributed by atoms with Crippen molar-refractivity contribution in [3.8, 4) is 5.75 Å². The van der Waals surface area contributed by atoms with Gasteiger partial charge in [-0.2, -0.15) is 0 Å². The fraction of sp³-hybridized carbons (Fsp3) is 0.409. The Morgan fingerprint density at radius 3 is 2.71 bits per heavy atom. The highest BCUT2D eigenvalue weighted by molar-refractivity contribution is 7.88. The van der Waals surface area contributed by atoms with Crippen molar-refractivity contribution < 1.29 is 17.9 Å². The van der Waals surface area contributed by atoms with Crippen LogP contribution in [0, 0.1) is 5.92 Å². The summed E-state index contributed by atoms with van der Waals surface area (Å²) in [4.78, 5) is 12.9. The van der Waals surface area contributed by atoms with Gasteiger partial charge in [0.1, 0.15) is 5.75 Å². The fourth-order valence-electron chi connectivity index (χ4n) is 3.77. The van der Waals surface area contributed by atoms with Gasteiger partial charge in [-0.15, -0.1) is 0 Å². The second kappa shape index (κ2) is 10.2. The Labute approximate surface area is 193 Å². The monoisotopic (exact) mass is 484 g/mol. The van der Waals surface area contributed by atoms with Crippen LogP contribution >= 0.6 is 23.2 Å². The maximum Gasteiger partial charge on any atom is 0.224 e. The molecule has 1 aliphatic heterocycles. The average molecular weight is 485 g/mol. The van der Waals surface area contributed by atoms with E-state index >= 15 is 0 Å². The van der Waals surface area contributed by atoms with E-state index in [1.165, 1.54) is 10.4 Å². The first-order chi connectivity index (χ1) is 14.7. The minimum atomic E-state index is -3.62. The molecule has 168 valence electrons. The van der Waals surface area contributed by atoms with Crippen molar-refractivity contribution in [1.29, 1.82) is 0 Å². The molecule has 0 unspecified atom stereocenters. The van der Waals surface area contributed by atoms with Gasteiger partial charge in [0.25, 0.3) is 0 Å². The van der Waals surface area contributed by atoms with Gasteiger partial charge < -0.3 is 10.1 Å². The van der Waals surface area contributed by atoms with Crippen molar-refractivity contribution in [2.24, 2.45) is 5.92 Å². The summed E-state index contributed by atoms with van der Waals surface area (Å²) in [5.74, 6) is -0.109. The number of hydrogen-bond acceptors (Lipinski definition) is 4. The molecule has 1 amide bonds. The van der Waals surface area contributed by atoms with E-state index in [4.69, 9.17) is 27.9 Å². The van der Waals surface area contributed by atoms with E-state index in [1.807, 2.05) is 31.2 Å². The first-order valence-corrected chi connectivity index (χ1v) is 12.4. The SMILES string of the molecule is COc1ccccc1[C@H](C)NC(=O)[C@H]1CCCN(S(=O)(=O)Cc2ccc(Cl)cc2Cl)C1. The number of ether oxygens (including phenoxy) is 1. The van der Waals surface area contributed by atoms with Crippen molar-refractivity contribution in [1.82, 2.24) is 9.62 Å². The third kappa shape index (κ3) is 5.92. The van der Waals surface area contributed by atoms with E-state index in [1.54, 1.807) is 19.2 Å². The molecule has 1 heterocycles. The second-order valence-electron chi connectivity index (χ2n) is 7.66. The highest BCUT2D eigenvalue weighted by atomic mass is 35.5. The van der Waals surface area contributed by atoms with E-state index in [0.717, 1.165) is 5.56 Å². The molecule has 0 bridgehead atoms. The average Bonchev–Trinajstić information content (AvgIpc) is 2.75. The zero-order chi connectivity index (χ0) is 22.6. The number of nitrogens with zero attached hydrogens (tertiary/aromatic N) is 1. The number of para-hydroxylation sites is 1. The van der Waals surface area contributed by atoms with Crippen LogP contribution in [0.1, 0.15) is 36.9 Å². The summed E-state index contributed by atoms with van der Waals surface area (Å²) >= 11 is 12.1. The van der Waals surface area contributed by atoms with Crippen molar-refractivity contribution in [3.63, 3.8) is 0 Å². The number of rotatable bonds is 7. The van der Waals surface area contributed by atoms with Gasteiger partial charge in [0.15, 0.2) is 0 Å². The summed E-state index contributed by atoms with van der Waals surface area (Å²) in [6.07, 6.45) is 1.26. The normalized spacial score (nSPS) is 18.4. The van der Waals surface area contributed by atoms with Crippen LogP contribution in [0.3, 0.4) is 0 Å². The number of methoxy groups -OCH3 is 1. The Bertz CT molecular complexity index is 1050. The van der Waals surface area contributed by atoms with Crippen LogP contribution in [0.5, 0.6) is 5.75 Å². The lowest BCUT2D eigenvalue weighted by Gasteiger charge is -2.32. The largest absolute Gasteiger partial charge is 0.496 e. The van der Waals surface area contributed by atoms with Crippen molar-refractivity contribution >= 4 is 39.1 Å². The van der Waals surface area contributed by atoms with E-state index < -0.39 is 15.9 Å². The second-order valence-corrected chi connectivity index (χ2v) is 10.5. The highest BCUT2D eigenvalue weighted by Gasteiger charge is 2.33. The molecule has 1 saturated heterocycles. The molecule has 9 heteroatoms. The van der Waals surface area contributed by atoms with Crippen molar-refractivity contribution in [2.45, 2.75) is 31.6 Å². The van der Waals surface area contributed by atoms with E-state index in [-0.39, 0.29) is 24.2 Å². The Balaban J connectivity index is 1.67. The molecule has 1 N–H and O–H groups in total. The number of sulfonamides is 1. The van der Waals surface area contributed by atoms with Crippen LogP contribution in [0.25, 0.3) is 0 Å². The lowest BCUT2D eigenvalue weighted by Crippen LogP contribution is -2.46. The van der Waals surface area contributed by atoms with Gasteiger partial charge in [0, 0.05) is 28.7 Å². The summed E-state index contributed by atoms with van der Waals surface area (Å²) < 4.78 is 32.7. The maximum absolute atomic E-state index is 13.0. The molecule has 0 spiro atoms. The lowest BCUT2D eigenvalue weighted by molar-refractivity contribution is -0.126. The molecule has 0 saturated carbocycles. The Kier molecular flexibility index (Phi) is 7.86. The van der Waals surface area contributed by atoms with Crippen LogP contribution in [-0.2, 0) is 20.6 Å². The number of nitrogens with one attached hydrogen (secondary N) is 1. The summed E-state index contributed by atoms with van der Waals surface area (Å²) in [7, 11) is -2.04. The van der Waals surface area contributed by atoms with Gasteiger partial charge in [-0.3, -0.25) is 4.79 Å². The summed E-state index contributed by atoms with van der Waals surface area (Å²) in [6.45, 7) is 2.42. The van der Waals surface area contributed by atoms with Crippen molar-refractivity contribution in [3.05, 3.63) is 63.6 Å². The topological polar surface area (TPSA) is 75.7 Å². The van der Waals surface area contributed by atoms with Gasteiger partial charge in [0.2, 0.25) is 15.9 Å². The number of carbonyl (C=O) groups is 1. The molecule has 2 aromatic carbocycles. The number of piperidine rings is 1.